The average Bonchev–Trinajstić information content (AvgIpc) is 3.57. The molecule has 5 aromatic rings. The molecule has 0 spiro atoms. The molecule has 0 atom stereocenters. The molecule has 4 nitrogen and oxygen atoms in total. The lowest BCUT2D eigenvalue weighted by molar-refractivity contribution is 0.490. The zero-order chi connectivity index (χ0) is 24.2. The van der Waals surface area contributed by atoms with Crippen molar-refractivity contribution in [1.82, 2.24) is 9.88 Å². The number of benzene rings is 2. The summed E-state index contributed by atoms with van der Waals surface area (Å²) in [7, 11) is 2.07. The molecule has 0 amide bonds. The quantitative estimate of drug-likeness (QED) is 0.249. The van der Waals surface area contributed by atoms with Gasteiger partial charge in [0.05, 0.1) is 21.8 Å². The van der Waals surface area contributed by atoms with Crippen molar-refractivity contribution in [2.45, 2.75) is 26.2 Å². The molecule has 6 heteroatoms. The van der Waals surface area contributed by atoms with Gasteiger partial charge in [-0.25, -0.2) is 0 Å². The molecule has 0 saturated carbocycles. The van der Waals surface area contributed by atoms with Crippen molar-refractivity contribution in [3.63, 3.8) is 0 Å². The van der Waals surface area contributed by atoms with E-state index in [0.717, 1.165) is 34.4 Å². The Morgan fingerprint density at radius 3 is 2.66 bits per heavy atom. The van der Waals surface area contributed by atoms with Gasteiger partial charge in [-0.15, -0.1) is 11.3 Å². The van der Waals surface area contributed by atoms with E-state index in [1.54, 1.807) is 22.7 Å². The number of aromatic nitrogens is 1. The van der Waals surface area contributed by atoms with Gasteiger partial charge in [0, 0.05) is 54.4 Å². The number of hydrogen-bond donors (Lipinski definition) is 0. The molecule has 3 aromatic heterocycles. The van der Waals surface area contributed by atoms with Gasteiger partial charge in [-0.3, -0.25) is 4.98 Å². The SMILES string of the molecule is CN1C=CN(c2cccc(Oc3cc4c(-c5cc(C(C)(C)C)ccn5)cc5ccsc5c4s3)c2)C1. The molecule has 0 N–H and O–H groups in total. The first kappa shape index (κ1) is 22.1. The van der Waals surface area contributed by atoms with Crippen LogP contribution < -0.4 is 9.64 Å². The molecule has 6 rings (SSSR count). The molecule has 0 saturated heterocycles. The molecule has 176 valence electrons. The van der Waals surface area contributed by atoms with Gasteiger partial charge in [0.1, 0.15) is 5.75 Å². The lowest BCUT2D eigenvalue weighted by atomic mass is 9.86. The molecule has 1 aliphatic rings. The Morgan fingerprint density at radius 1 is 0.971 bits per heavy atom. The zero-order valence-corrected chi connectivity index (χ0v) is 21.9. The van der Waals surface area contributed by atoms with E-state index in [4.69, 9.17) is 9.72 Å². The lowest BCUT2D eigenvalue weighted by Crippen LogP contribution is -2.21. The maximum absolute atomic E-state index is 6.42. The summed E-state index contributed by atoms with van der Waals surface area (Å²) in [6.45, 7) is 7.56. The molecular formula is C29H27N3OS2. The van der Waals surface area contributed by atoms with Crippen LogP contribution in [-0.2, 0) is 5.41 Å². The number of ether oxygens (including phenoxy) is 1. The second-order valence-corrected chi connectivity index (χ2v) is 11.9. The standard InChI is InChI=1S/C29H27N3OS2/c1-29(2,3)20-8-10-30-25(15-20)23-14-19-9-13-34-27(19)28-24(23)17-26(35-28)33-22-7-5-6-21(16-22)32-12-11-31(4)18-32/h5-17H,18H2,1-4H3. The van der Waals surface area contributed by atoms with Crippen molar-refractivity contribution >= 4 is 48.5 Å². The third-order valence-electron chi connectivity index (χ3n) is 6.35. The zero-order valence-electron chi connectivity index (χ0n) is 20.3. The Kier molecular flexibility index (Phi) is 5.31. The van der Waals surface area contributed by atoms with Crippen LogP contribution in [0.3, 0.4) is 0 Å². The van der Waals surface area contributed by atoms with Crippen LogP contribution in [0.5, 0.6) is 10.8 Å². The monoisotopic (exact) mass is 497 g/mol. The third-order valence-corrected chi connectivity index (χ3v) is 8.45. The Labute approximate surface area is 213 Å². The van der Waals surface area contributed by atoms with Crippen LogP contribution in [0.4, 0.5) is 5.69 Å². The molecule has 0 radical (unpaired) electrons. The van der Waals surface area contributed by atoms with Crippen LogP contribution in [0.15, 0.2) is 78.6 Å². The summed E-state index contributed by atoms with van der Waals surface area (Å²) in [5.41, 5.74) is 4.63. The highest BCUT2D eigenvalue weighted by Gasteiger charge is 2.19. The number of fused-ring (bicyclic) bond motifs is 3. The number of hydrogen-bond acceptors (Lipinski definition) is 6. The fraction of sp³-hybridized carbons (Fsp3) is 0.207. The minimum atomic E-state index is 0.0660. The van der Waals surface area contributed by atoms with E-state index in [-0.39, 0.29) is 5.41 Å². The van der Waals surface area contributed by atoms with Crippen LogP contribution in [0.1, 0.15) is 26.3 Å². The second-order valence-electron chi connectivity index (χ2n) is 10.0. The molecule has 4 heterocycles. The highest BCUT2D eigenvalue weighted by Crippen LogP contribution is 2.45. The highest BCUT2D eigenvalue weighted by atomic mass is 32.1. The van der Waals surface area contributed by atoms with E-state index in [1.807, 2.05) is 12.3 Å². The maximum Gasteiger partial charge on any atom is 0.182 e. The first-order chi connectivity index (χ1) is 16.8. The molecule has 2 aromatic carbocycles. The summed E-state index contributed by atoms with van der Waals surface area (Å²) in [5.74, 6) is 0.842. The van der Waals surface area contributed by atoms with Crippen molar-refractivity contribution in [2.24, 2.45) is 0 Å². The predicted molar refractivity (Wildman–Crippen MR) is 150 cm³/mol. The molecule has 0 bridgehead atoms. The molecule has 1 aliphatic heterocycles. The fourth-order valence-corrected chi connectivity index (χ4v) is 6.54. The third kappa shape index (κ3) is 4.17. The first-order valence-electron chi connectivity index (χ1n) is 11.7. The summed E-state index contributed by atoms with van der Waals surface area (Å²) in [6, 6.07) is 19.3. The van der Waals surface area contributed by atoms with Crippen molar-refractivity contribution in [1.29, 1.82) is 0 Å². The maximum atomic E-state index is 6.42. The summed E-state index contributed by atoms with van der Waals surface area (Å²) in [4.78, 5) is 9.13. The van der Waals surface area contributed by atoms with Crippen LogP contribution in [-0.4, -0.2) is 23.6 Å². The number of rotatable bonds is 4. The average molecular weight is 498 g/mol. The summed E-state index contributed by atoms with van der Waals surface area (Å²) >= 11 is 3.49. The van der Waals surface area contributed by atoms with Crippen molar-refractivity contribution in [3.8, 4) is 22.1 Å². The molecule has 0 aliphatic carbocycles. The van der Waals surface area contributed by atoms with Gasteiger partial charge in [0.15, 0.2) is 5.06 Å². The number of nitrogens with zero attached hydrogens (tertiary/aromatic N) is 3. The summed E-state index contributed by atoms with van der Waals surface area (Å²) in [5, 5.41) is 5.50. The minimum Gasteiger partial charge on any atom is -0.447 e. The van der Waals surface area contributed by atoms with Gasteiger partial charge in [-0.05, 0) is 58.1 Å². The Hall–Kier alpha value is -3.35. The largest absolute Gasteiger partial charge is 0.447 e. The minimum absolute atomic E-state index is 0.0660. The van der Waals surface area contributed by atoms with Crippen molar-refractivity contribution in [3.05, 3.63) is 84.1 Å². The Bertz CT molecular complexity index is 1570. The predicted octanol–water partition coefficient (Wildman–Crippen LogP) is 8.45. The fourth-order valence-electron chi connectivity index (χ4n) is 4.43. The Balaban J connectivity index is 1.42. The van der Waals surface area contributed by atoms with E-state index in [9.17, 15) is 0 Å². The topological polar surface area (TPSA) is 28.6 Å². The molecule has 0 unspecified atom stereocenters. The molecule has 0 fully saturated rings. The number of thiophene rings is 2. The van der Waals surface area contributed by atoms with Crippen molar-refractivity contribution < 1.29 is 4.74 Å². The highest BCUT2D eigenvalue weighted by molar-refractivity contribution is 7.27. The van der Waals surface area contributed by atoms with Gasteiger partial charge in [0.25, 0.3) is 0 Å². The summed E-state index contributed by atoms with van der Waals surface area (Å²) in [6.07, 6.45) is 6.10. The van der Waals surface area contributed by atoms with Crippen LogP contribution in [0.2, 0.25) is 0 Å². The smallest absolute Gasteiger partial charge is 0.182 e. The van der Waals surface area contributed by atoms with Gasteiger partial charge >= 0.3 is 0 Å². The lowest BCUT2D eigenvalue weighted by Gasteiger charge is -2.19. The van der Waals surface area contributed by atoms with Crippen molar-refractivity contribution in [2.75, 3.05) is 18.6 Å². The Morgan fingerprint density at radius 2 is 1.86 bits per heavy atom. The van der Waals surface area contributed by atoms with Gasteiger partial charge in [-0.1, -0.05) is 38.2 Å². The second kappa shape index (κ2) is 8.40. The van der Waals surface area contributed by atoms with E-state index in [2.05, 4.69) is 104 Å². The van der Waals surface area contributed by atoms with Crippen LogP contribution in [0.25, 0.3) is 31.4 Å². The van der Waals surface area contributed by atoms with E-state index < -0.39 is 0 Å². The summed E-state index contributed by atoms with van der Waals surface area (Å²) < 4.78 is 8.98. The van der Waals surface area contributed by atoms with E-state index >= 15 is 0 Å². The number of anilines is 1. The number of pyridine rings is 1. The molecule has 35 heavy (non-hydrogen) atoms. The van der Waals surface area contributed by atoms with Gasteiger partial charge in [-0.2, -0.15) is 0 Å². The van der Waals surface area contributed by atoms with Crippen LogP contribution >= 0.6 is 22.7 Å². The first-order valence-corrected chi connectivity index (χ1v) is 13.4. The van der Waals surface area contributed by atoms with E-state index in [1.165, 1.54) is 25.7 Å². The van der Waals surface area contributed by atoms with Gasteiger partial charge < -0.3 is 14.5 Å². The van der Waals surface area contributed by atoms with E-state index in [0.29, 0.717) is 0 Å². The normalized spacial score (nSPS) is 13.9. The van der Waals surface area contributed by atoms with Crippen LogP contribution in [0, 0.1) is 0 Å². The van der Waals surface area contributed by atoms with Gasteiger partial charge in [0.2, 0.25) is 0 Å². The molecular weight excluding hydrogens is 470 g/mol.